The fourth-order valence-corrected chi connectivity index (χ4v) is 6.33. The van der Waals surface area contributed by atoms with Crippen molar-refractivity contribution in [2.24, 2.45) is 5.41 Å². The first-order chi connectivity index (χ1) is 15.7. The number of amides is 1. The minimum atomic E-state index is -0.476. The molecule has 2 saturated heterocycles. The number of thiazole rings is 1. The summed E-state index contributed by atoms with van der Waals surface area (Å²) in [6, 6.07) is 3.99. The molecule has 32 heavy (non-hydrogen) atoms. The third kappa shape index (κ3) is 4.51. The molecule has 1 spiro atoms. The smallest absolute Gasteiger partial charge is 0.432 e. The second-order valence-corrected chi connectivity index (χ2v) is 10.1. The molecule has 1 N–H and O–H groups in total. The monoisotopic (exact) mass is 460 g/mol. The number of hydrogen-bond acceptors (Lipinski definition) is 8. The lowest BCUT2D eigenvalue weighted by Gasteiger charge is -2.43. The summed E-state index contributed by atoms with van der Waals surface area (Å²) in [5.74, 6) is 0.698. The third-order valence-corrected chi connectivity index (χ3v) is 8.17. The maximum absolute atomic E-state index is 12.6. The first-order valence-corrected chi connectivity index (χ1v) is 12.5. The molecular weight excluding hydrogens is 428 g/mol. The number of ether oxygens (including phenoxy) is 2. The predicted octanol–water partition coefficient (Wildman–Crippen LogP) is 4.65. The Morgan fingerprint density at radius 3 is 2.56 bits per heavy atom. The number of hydrogen-bond donors (Lipinski definition) is 1. The van der Waals surface area contributed by atoms with E-state index in [2.05, 4.69) is 21.3 Å². The summed E-state index contributed by atoms with van der Waals surface area (Å²) in [4.78, 5) is 25.2. The Kier molecular flexibility index (Phi) is 6.39. The van der Waals surface area contributed by atoms with E-state index in [4.69, 9.17) is 14.3 Å². The number of anilines is 2. The molecular formula is C23H32N4O4S. The van der Waals surface area contributed by atoms with E-state index in [1.807, 2.05) is 11.1 Å². The van der Waals surface area contributed by atoms with E-state index in [-0.39, 0.29) is 0 Å². The number of hydroxylamine groups is 2. The Morgan fingerprint density at radius 1 is 1.09 bits per heavy atom. The Morgan fingerprint density at radius 2 is 1.84 bits per heavy atom. The van der Waals surface area contributed by atoms with E-state index in [9.17, 15) is 4.79 Å². The van der Waals surface area contributed by atoms with Crippen molar-refractivity contribution >= 4 is 38.5 Å². The van der Waals surface area contributed by atoms with Crippen LogP contribution in [-0.2, 0) is 9.57 Å². The maximum atomic E-state index is 12.6. The van der Waals surface area contributed by atoms with Crippen LogP contribution in [0.1, 0.15) is 44.9 Å². The van der Waals surface area contributed by atoms with Crippen LogP contribution in [0.3, 0.4) is 0 Å². The zero-order chi connectivity index (χ0) is 22.0. The first-order valence-electron chi connectivity index (χ1n) is 11.7. The molecule has 8 nitrogen and oxygen atoms in total. The average Bonchev–Trinajstić information content (AvgIpc) is 3.24. The summed E-state index contributed by atoms with van der Waals surface area (Å²) >= 11 is 1.45. The molecule has 2 aliphatic heterocycles. The zero-order valence-electron chi connectivity index (χ0n) is 18.7. The lowest BCUT2D eigenvalue weighted by Crippen LogP contribution is -2.42. The highest BCUT2D eigenvalue weighted by atomic mass is 32.1. The topological polar surface area (TPSA) is 76.2 Å². The zero-order valence-corrected chi connectivity index (χ0v) is 19.5. The van der Waals surface area contributed by atoms with E-state index < -0.39 is 6.09 Å². The molecule has 2 aromatic rings. The van der Waals surface area contributed by atoms with Gasteiger partial charge in [0.1, 0.15) is 11.3 Å². The van der Waals surface area contributed by atoms with E-state index >= 15 is 0 Å². The van der Waals surface area contributed by atoms with Gasteiger partial charge in [-0.25, -0.2) is 9.78 Å². The molecule has 3 heterocycles. The second kappa shape index (κ2) is 9.41. The van der Waals surface area contributed by atoms with Gasteiger partial charge in [0, 0.05) is 26.2 Å². The summed E-state index contributed by atoms with van der Waals surface area (Å²) in [6.07, 6.45) is 8.45. The molecule has 5 rings (SSSR count). The van der Waals surface area contributed by atoms with Crippen molar-refractivity contribution in [3.8, 4) is 5.75 Å². The fraction of sp³-hybridized carbons (Fsp3) is 0.652. The molecule has 0 radical (unpaired) electrons. The highest BCUT2D eigenvalue weighted by Gasteiger charge is 2.36. The van der Waals surface area contributed by atoms with Crippen molar-refractivity contribution in [3.63, 3.8) is 0 Å². The number of fused-ring (bicyclic) bond motifs is 1. The third-order valence-electron chi connectivity index (χ3n) is 7.18. The summed E-state index contributed by atoms with van der Waals surface area (Å²) < 4.78 is 12.0. The van der Waals surface area contributed by atoms with Crippen molar-refractivity contribution in [2.45, 2.75) is 44.9 Å². The summed E-state index contributed by atoms with van der Waals surface area (Å²) in [5, 5.41) is 5.16. The molecule has 0 bridgehead atoms. The van der Waals surface area contributed by atoms with Crippen LogP contribution >= 0.6 is 11.3 Å². The Bertz CT molecular complexity index is 943. The predicted molar refractivity (Wildman–Crippen MR) is 126 cm³/mol. The van der Waals surface area contributed by atoms with Gasteiger partial charge in [0.2, 0.25) is 0 Å². The quantitative estimate of drug-likeness (QED) is 0.712. The molecule has 0 atom stereocenters. The van der Waals surface area contributed by atoms with Gasteiger partial charge in [0.25, 0.3) is 0 Å². The van der Waals surface area contributed by atoms with Gasteiger partial charge in [-0.15, -0.1) is 5.06 Å². The molecule has 9 heteroatoms. The molecule has 3 aliphatic rings. The molecule has 3 fully saturated rings. The van der Waals surface area contributed by atoms with Crippen molar-refractivity contribution in [1.82, 2.24) is 10.0 Å². The van der Waals surface area contributed by atoms with Crippen LogP contribution in [0.2, 0.25) is 0 Å². The number of methoxy groups -OCH3 is 1. The maximum Gasteiger partial charge on any atom is 0.432 e. The molecule has 1 aromatic heterocycles. The number of carbonyl (C=O) groups excluding carboxylic acids is 1. The van der Waals surface area contributed by atoms with Gasteiger partial charge >= 0.3 is 6.09 Å². The lowest BCUT2D eigenvalue weighted by atomic mass is 9.68. The Hall–Kier alpha value is -2.10. The molecule has 1 aliphatic carbocycles. The average molecular weight is 461 g/mol. The highest BCUT2D eigenvalue weighted by molar-refractivity contribution is 7.23. The van der Waals surface area contributed by atoms with Crippen LogP contribution in [0.15, 0.2) is 12.1 Å². The number of nitrogens with one attached hydrogen (secondary N) is 1. The van der Waals surface area contributed by atoms with Crippen LogP contribution in [0.5, 0.6) is 5.75 Å². The van der Waals surface area contributed by atoms with Gasteiger partial charge in [-0.2, -0.15) is 0 Å². The van der Waals surface area contributed by atoms with Crippen molar-refractivity contribution in [2.75, 3.05) is 56.7 Å². The number of morpholine rings is 1. The molecule has 1 amide bonds. The van der Waals surface area contributed by atoms with Crippen LogP contribution in [0.25, 0.3) is 10.2 Å². The largest absolute Gasteiger partial charge is 0.494 e. The van der Waals surface area contributed by atoms with Crippen molar-refractivity contribution in [3.05, 3.63) is 12.1 Å². The standard InChI is InChI=1S/C23H32N4O4S/c1-29-18-6-5-17(26-13-15-30-16-14-26)20-19(18)24-21(32-20)25-22(28)31-27-11-9-23(10-12-27)7-3-2-4-8-23/h5-6H,2-4,7-16H2,1H3,(H,24,25,28). The SMILES string of the molecule is COc1ccc(N2CCOCC2)c2sc(NC(=O)ON3CCC4(CCCCC4)CC3)nc12. The highest BCUT2D eigenvalue weighted by Crippen LogP contribution is 2.44. The minimum Gasteiger partial charge on any atom is -0.494 e. The van der Waals surface area contributed by atoms with E-state index in [1.54, 1.807) is 7.11 Å². The van der Waals surface area contributed by atoms with Crippen LogP contribution in [0, 0.1) is 5.41 Å². The van der Waals surface area contributed by atoms with Crippen molar-refractivity contribution in [1.29, 1.82) is 0 Å². The van der Waals surface area contributed by atoms with Crippen LogP contribution in [0.4, 0.5) is 15.6 Å². The molecule has 0 unspecified atom stereocenters. The fourth-order valence-electron chi connectivity index (χ4n) is 5.32. The van der Waals surface area contributed by atoms with Gasteiger partial charge in [0.05, 0.1) is 30.7 Å². The number of carbonyl (C=O) groups is 1. The van der Waals surface area contributed by atoms with E-state index in [0.29, 0.717) is 29.5 Å². The number of benzene rings is 1. The molecule has 1 saturated carbocycles. The summed E-state index contributed by atoms with van der Waals surface area (Å²) in [7, 11) is 1.64. The Balaban J connectivity index is 1.25. The minimum absolute atomic E-state index is 0.476. The van der Waals surface area contributed by atoms with Crippen LogP contribution in [-0.4, -0.2) is 62.6 Å². The van der Waals surface area contributed by atoms with E-state index in [0.717, 1.165) is 54.9 Å². The number of piperidine rings is 1. The Labute approximate surface area is 192 Å². The van der Waals surface area contributed by atoms with E-state index in [1.165, 1.54) is 43.4 Å². The van der Waals surface area contributed by atoms with Gasteiger partial charge in [-0.05, 0) is 43.2 Å². The number of nitrogens with zero attached hydrogens (tertiary/aromatic N) is 3. The lowest BCUT2D eigenvalue weighted by molar-refractivity contribution is -0.130. The second-order valence-electron chi connectivity index (χ2n) is 9.08. The number of aromatic nitrogens is 1. The van der Waals surface area contributed by atoms with Gasteiger partial charge in [-0.1, -0.05) is 30.6 Å². The normalized spacial score (nSPS) is 21.6. The van der Waals surface area contributed by atoms with Gasteiger partial charge in [0.15, 0.2) is 5.13 Å². The van der Waals surface area contributed by atoms with Crippen LogP contribution < -0.4 is 15.0 Å². The number of rotatable bonds is 4. The van der Waals surface area contributed by atoms with Gasteiger partial charge in [-0.3, -0.25) is 5.32 Å². The van der Waals surface area contributed by atoms with Crippen molar-refractivity contribution < 1.29 is 19.1 Å². The van der Waals surface area contributed by atoms with Gasteiger partial charge < -0.3 is 19.2 Å². The molecule has 1 aromatic carbocycles. The summed E-state index contributed by atoms with van der Waals surface area (Å²) in [6.45, 7) is 4.70. The molecule has 174 valence electrons. The summed E-state index contributed by atoms with van der Waals surface area (Å²) in [5.41, 5.74) is 2.33. The first kappa shape index (κ1) is 21.7.